The molecule has 0 saturated heterocycles. The monoisotopic (exact) mass is 276 g/mol. The van der Waals surface area contributed by atoms with E-state index in [1.807, 2.05) is 43.3 Å². The summed E-state index contributed by atoms with van der Waals surface area (Å²) in [6.45, 7) is 2.05. The molecule has 0 aliphatic rings. The molecule has 2 rings (SSSR count). The summed E-state index contributed by atoms with van der Waals surface area (Å²) in [6, 6.07) is 11.5. The van der Waals surface area contributed by atoms with Crippen molar-refractivity contribution in [1.29, 1.82) is 0 Å². The zero-order valence-electron chi connectivity index (χ0n) is 11.4. The molecule has 4 N–H and O–H groups in total. The van der Waals surface area contributed by atoms with Crippen LogP contribution in [0.2, 0.25) is 0 Å². The Morgan fingerprint density at radius 3 is 2.55 bits per heavy atom. The van der Waals surface area contributed by atoms with Crippen molar-refractivity contribution < 1.29 is 14.6 Å². The van der Waals surface area contributed by atoms with Gasteiger partial charge in [-0.05, 0) is 31.2 Å². The van der Waals surface area contributed by atoms with Crippen LogP contribution >= 0.6 is 0 Å². The highest BCUT2D eigenvalue weighted by Gasteiger charge is 2.10. The number of anilines is 2. The minimum Gasteiger partial charge on any atom is -0.467 e. The van der Waals surface area contributed by atoms with Crippen LogP contribution in [-0.4, -0.2) is 29.5 Å². The Kier molecular flexibility index (Phi) is 5.03. The van der Waals surface area contributed by atoms with E-state index >= 15 is 0 Å². The van der Waals surface area contributed by atoms with Gasteiger partial charge in [0, 0.05) is 6.54 Å². The van der Waals surface area contributed by atoms with Crippen LogP contribution in [0.4, 0.5) is 11.4 Å². The lowest BCUT2D eigenvalue weighted by Gasteiger charge is -2.18. The number of aliphatic hydroxyl groups excluding tert-OH is 2. The lowest BCUT2D eigenvalue weighted by atomic mass is 10.2. The molecule has 20 heavy (non-hydrogen) atoms. The van der Waals surface area contributed by atoms with E-state index in [9.17, 15) is 5.11 Å². The van der Waals surface area contributed by atoms with Crippen molar-refractivity contribution in [2.75, 3.05) is 23.8 Å². The van der Waals surface area contributed by atoms with Gasteiger partial charge in [0.15, 0.2) is 0 Å². The minimum atomic E-state index is -0.773. The molecule has 0 spiro atoms. The topological polar surface area (TPSA) is 77.7 Å². The molecule has 1 aromatic carbocycles. The first kappa shape index (κ1) is 14.4. The summed E-state index contributed by atoms with van der Waals surface area (Å²) in [7, 11) is 0. The fraction of sp³-hybridized carbons (Fsp3) is 0.333. The molecular formula is C15H20N2O3. The second-order valence-corrected chi connectivity index (χ2v) is 4.64. The highest BCUT2D eigenvalue weighted by molar-refractivity contribution is 5.69. The van der Waals surface area contributed by atoms with Crippen molar-refractivity contribution in [3.8, 4) is 0 Å². The van der Waals surface area contributed by atoms with Gasteiger partial charge in [-0.1, -0.05) is 12.1 Å². The van der Waals surface area contributed by atoms with E-state index in [1.54, 1.807) is 6.26 Å². The molecule has 0 amide bonds. The summed E-state index contributed by atoms with van der Waals surface area (Å²) < 4.78 is 5.37. The summed E-state index contributed by atoms with van der Waals surface area (Å²) in [5, 5.41) is 24.7. The zero-order valence-corrected chi connectivity index (χ0v) is 11.4. The Morgan fingerprint density at radius 1 is 1.15 bits per heavy atom. The van der Waals surface area contributed by atoms with Gasteiger partial charge in [-0.15, -0.1) is 0 Å². The second-order valence-electron chi connectivity index (χ2n) is 4.64. The normalized spacial score (nSPS) is 13.8. The molecule has 5 heteroatoms. The van der Waals surface area contributed by atoms with Gasteiger partial charge in [0.1, 0.15) is 5.76 Å². The van der Waals surface area contributed by atoms with Crippen molar-refractivity contribution >= 4 is 11.4 Å². The highest BCUT2D eigenvalue weighted by atomic mass is 16.3. The fourth-order valence-corrected chi connectivity index (χ4v) is 1.90. The molecule has 2 aromatic rings. The molecule has 2 unspecified atom stereocenters. The molecule has 0 aliphatic heterocycles. The number of nitrogens with one attached hydrogen (secondary N) is 2. The minimum absolute atomic E-state index is 0.0377. The summed E-state index contributed by atoms with van der Waals surface area (Å²) in [4.78, 5) is 0. The van der Waals surface area contributed by atoms with E-state index in [1.165, 1.54) is 0 Å². The van der Waals surface area contributed by atoms with Crippen LogP contribution in [0.15, 0.2) is 47.1 Å². The molecule has 0 saturated carbocycles. The van der Waals surface area contributed by atoms with Crippen molar-refractivity contribution in [3.05, 3.63) is 48.4 Å². The molecule has 0 radical (unpaired) electrons. The summed E-state index contributed by atoms with van der Waals surface area (Å²) in [5.41, 5.74) is 1.79. The van der Waals surface area contributed by atoms with Crippen molar-refractivity contribution in [3.63, 3.8) is 0 Å². The van der Waals surface area contributed by atoms with Crippen molar-refractivity contribution in [1.82, 2.24) is 0 Å². The number of para-hydroxylation sites is 2. The van der Waals surface area contributed by atoms with Gasteiger partial charge < -0.3 is 25.3 Å². The first-order valence-electron chi connectivity index (χ1n) is 6.62. The average molecular weight is 276 g/mol. The molecule has 0 fully saturated rings. The predicted molar refractivity (Wildman–Crippen MR) is 78.8 cm³/mol. The molecule has 0 bridgehead atoms. The number of rotatable bonds is 7. The summed E-state index contributed by atoms with van der Waals surface area (Å²) in [5.74, 6) is 0.857. The molecule has 1 aromatic heterocycles. The van der Waals surface area contributed by atoms with Crippen LogP contribution in [0.1, 0.15) is 18.7 Å². The fourth-order valence-electron chi connectivity index (χ4n) is 1.90. The molecule has 0 aliphatic carbocycles. The zero-order chi connectivity index (χ0) is 14.4. The number of aliphatic hydroxyl groups is 2. The van der Waals surface area contributed by atoms with Gasteiger partial charge in [0.2, 0.25) is 0 Å². The van der Waals surface area contributed by atoms with E-state index < -0.39 is 6.10 Å². The summed E-state index contributed by atoms with van der Waals surface area (Å²) >= 11 is 0. The number of furan rings is 1. The SMILES string of the molecule is CC(Nc1ccccc1NCC(O)CO)c1ccco1. The molecule has 1 heterocycles. The Balaban J connectivity index is 2.04. The Morgan fingerprint density at radius 2 is 1.90 bits per heavy atom. The highest BCUT2D eigenvalue weighted by Crippen LogP contribution is 2.26. The third kappa shape index (κ3) is 3.76. The lowest BCUT2D eigenvalue weighted by molar-refractivity contribution is 0.105. The van der Waals surface area contributed by atoms with E-state index in [-0.39, 0.29) is 12.6 Å². The predicted octanol–water partition coefficient (Wildman–Crippen LogP) is 2.22. The quantitative estimate of drug-likeness (QED) is 0.624. The standard InChI is InChI=1S/C15H20N2O3/c1-11(15-7-4-8-20-15)17-14-6-3-2-5-13(14)16-9-12(19)10-18/h2-8,11-12,16-19H,9-10H2,1H3. The van der Waals surface area contributed by atoms with E-state index in [4.69, 9.17) is 9.52 Å². The second kappa shape index (κ2) is 6.98. The van der Waals surface area contributed by atoms with Crippen LogP contribution in [0.5, 0.6) is 0 Å². The van der Waals surface area contributed by atoms with Crippen LogP contribution in [0.25, 0.3) is 0 Å². The largest absolute Gasteiger partial charge is 0.467 e. The van der Waals surface area contributed by atoms with E-state index in [0.29, 0.717) is 6.54 Å². The number of hydrogen-bond acceptors (Lipinski definition) is 5. The van der Waals surface area contributed by atoms with Gasteiger partial charge in [0.25, 0.3) is 0 Å². The van der Waals surface area contributed by atoms with Gasteiger partial charge in [0.05, 0.1) is 36.4 Å². The van der Waals surface area contributed by atoms with Gasteiger partial charge in [-0.2, -0.15) is 0 Å². The maximum atomic E-state index is 9.39. The van der Waals surface area contributed by atoms with E-state index in [2.05, 4.69) is 10.6 Å². The maximum absolute atomic E-state index is 9.39. The third-order valence-corrected chi connectivity index (χ3v) is 3.01. The summed E-state index contributed by atoms with van der Waals surface area (Å²) in [6.07, 6.45) is 0.875. The maximum Gasteiger partial charge on any atom is 0.125 e. The third-order valence-electron chi connectivity index (χ3n) is 3.01. The van der Waals surface area contributed by atoms with E-state index in [0.717, 1.165) is 17.1 Å². The number of benzene rings is 1. The Bertz CT molecular complexity index is 514. The molecule has 5 nitrogen and oxygen atoms in total. The van der Waals surface area contributed by atoms with Gasteiger partial charge in [-0.25, -0.2) is 0 Å². The molecule has 108 valence electrons. The molecule has 2 atom stereocenters. The van der Waals surface area contributed by atoms with Crippen LogP contribution in [0.3, 0.4) is 0 Å². The lowest BCUT2D eigenvalue weighted by Crippen LogP contribution is -2.23. The molecular weight excluding hydrogens is 256 g/mol. The van der Waals surface area contributed by atoms with Crippen LogP contribution < -0.4 is 10.6 Å². The number of hydrogen-bond donors (Lipinski definition) is 4. The first-order chi connectivity index (χ1) is 9.70. The van der Waals surface area contributed by atoms with Crippen molar-refractivity contribution in [2.45, 2.75) is 19.1 Å². The van der Waals surface area contributed by atoms with Crippen molar-refractivity contribution in [2.24, 2.45) is 0 Å². The smallest absolute Gasteiger partial charge is 0.125 e. The van der Waals surface area contributed by atoms with Gasteiger partial charge in [-0.3, -0.25) is 0 Å². The van der Waals surface area contributed by atoms with Crippen LogP contribution in [-0.2, 0) is 0 Å². The Labute approximate surface area is 118 Å². The van der Waals surface area contributed by atoms with Gasteiger partial charge >= 0.3 is 0 Å². The van der Waals surface area contributed by atoms with Crippen LogP contribution in [0, 0.1) is 0 Å². The Hall–Kier alpha value is -1.98. The first-order valence-corrected chi connectivity index (χ1v) is 6.62. The average Bonchev–Trinajstić information content (AvgIpc) is 3.00.